The first-order valence-electron chi connectivity index (χ1n) is 9.75. The smallest absolute Gasteiger partial charge is 0.257 e. The van der Waals surface area contributed by atoms with Gasteiger partial charge in [0.1, 0.15) is 0 Å². The van der Waals surface area contributed by atoms with Gasteiger partial charge in [0.15, 0.2) is 0 Å². The number of benzene rings is 1. The van der Waals surface area contributed by atoms with Crippen molar-refractivity contribution < 1.29 is 4.79 Å². The summed E-state index contributed by atoms with van der Waals surface area (Å²) in [6, 6.07) is 7.05. The minimum absolute atomic E-state index is 0.0771. The number of aromatic nitrogens is 2. The van der Waals surface area contributed by atoms with Crippen LogP contribution in [0.25, 0.3) is 0 Å². The van der Waals surface area contributed by atoms with Gasteiger partial charge in [-0.25, -0.2) is 9.97 Å². The van der Waals surface area contributed by atoms with E-state index in [2.05, 4.69) is 59.6 Å². The number of piperidine rings is 1. The van der Waals surface area contributed by atoms with Crippen LogP contribution in [0.5, 0.6) is 0 Å². The van der Waals surface area contributed by atoms with Crippen molar-refractivity contribution in [3.05, 3.63) is 46.8 Å². The highest BCUT2D eigenvalue weighted by Crippen LogP contribution is 2.25. The number of aryl methyl sites for hydroxylation is 2. The SMILES string of the molecule is Cc1cc(C)cc(Nc2ncc3c(n2)CCN(C2CCN[C@H](C)C2)C3=O)c1. The second-order valence-electron chi connectivity index (χ2n) is 7.84. The molecular formula is C21H27N5O. The molecule has 6 heteroatoms. The minimum atomic E-state index is 0.0771. The van der Waals surface area contributed by atoms with Crippen LogP contribution in [-0.4, -0.2) is 45.9 Å². The van der Waals surface area contributed by atoms with Crippen molar-refractivity contribution >= 4 is 17.5 Å². The molecule has 27 heavy (non-hydrogen) atoms. The van der Waals surface area contributed by atoms with E-state index < -0.39 is 0 Å². The van der Waals surface area contributed by atoms with Crippen molar-refractivity contribution in [2.45, 2.75) is 52.1 Å². The molecule has 1 fully saturated rings. The zero-order chi connectivity index (χ0) is 19.0. The fourth-order valence-corrected chi connectivity index (χ4v) is 4.24. The van der Waals surface area contributed by atoms with Gasteiger partial charge in [-0.2, -0.15) is 0 Å². The van der Waals surface area contributed by atoms with Gasteiger partial charge >= 0.3 is 0 Å². The number of anilines is 2. The first-order chi connectivity index (χ1) is 13.0. The van der Waals surface area contributed by atoms with Crippen LogP contribution in [-0.2, 0) is 6.42 Å². The second kappa shape index (κ2) is 7.27. The molecule has 1 unspecified atom stereocenters. The molecule has 142 valence electrons. The molecule has 1 saturated heterocycles. The highest BCUT2D eigenvalue weighted by atomic mass is 16.2. The van der Waals surface area contributed by atoms with Crippen LogP contribution in [0.2, 0.25) is 0 Å². The highest BCUT2D eigenvalue weighted by Gasteiger charge is 2.33. The summed E-state index contributed by atoms with van der Waals surface area (Å²) < 4.78 is 0. The average Bonchev–Trinajstić information content (AvgIpc) is 2.61. The first-order valence-corrected chi connectivity index (χ1v) is 9.75. The summed E-state index contributed by atoms with van der Waals surface area (Å²) in [4.78, 5) is 24.1. The number of nitrogens with one attached hydrogen (secondary N) is 2. The summed E-state index contributed by atoms with van der Waals surface area (Å²) in [5.41, 5.74) is 4.85. The van der Waals surface area contributed by atoms with Crippen molar-refractivity contribution in [2.75, 3.05) is 18.4 Å². The molecule has 0 saturated carbocycles. The van der Waals surface area contributed by atoms with E-state index in [0.29, 0.717) is 23.6 Å². The Labute approximate surface area is 160 Å². The van der Waals surface area contributed by atoms with Crippen molar-refractivity contribution in [1.82, 2.24) is 20.2 Å². The lowest BCUT2D eigenvalue weighted by Crippen LogP contribution is -2.51. The number of carbonyl (C=O) groups excluding carboxylic acids is 1. The van der Waals surface area contributed by atoms with Crippen LogP contribution in [0.3, 0.4) is 0 Å². The van der Waals surface area contributed by atoms with Crippen molar-refractivity contribution in [3.8, 4) is 0 Å². The van der Waals surface area contributed by atoms with Crippen molar-refractivity contribution in [1.29, 1.82) is 0 Å². The van der Waals surface area contributed by atoms with Gasteiger partial charge in [-0.3, -0.25) is 4.79 Å². The monoisotopic (exact) mass is 365 g/mol. The molecule has 0 radical (unpaired) electrons. The maximum Gasteiger partial charge on any atom is 0.257 e. The predicted molar refractivity (Wildman–Crippen MR) is 106 cm³/mol. The van der Waals surface area contributed by atoms with Gasteiger partial charge in [0.25, 0.3) is 5.91 Å². The fourth-order valence-electron chi connectivity index (χ4n) is 4.24. The molecule has 1 aromatic heterocycles. The van der Waals surface area contributed by atoms with E-state index in [9.17, 15) is 4.79 Å². The van der Waals surface area contributed by atoms with Gasteiger partial charge in [0.2, 0.25) is 5.95 Å². The summed E-state index contributed by atoms with van der Waals surface area (Å²) in [6.07, 6.45) is 4.49. The van der Waals surface area contributed by atoms with Crippen LogP contribution < -0.4 is 10.6 Å². The summed E-state index contributed by atoms with van der Waals surface area (Å²) in [7, 11) is 0. The number of rotatable bonds is 3. The maximum atomic E-state index is 13.0. The minimum Gasteiger partial charge on any atom is -0.335 e. The summed E-state index contributed by atoms with van der Waals surface area (Å²) in [5.74, 6) is 0.629. The topological polar surface area (TPSA) is 70.2 Å². The Balaban J connectivity index is 1.53. The molecule has 6 nitrogen and oxygen atoms in total. The standard InChI is InChI=1S/C21H27N5O/c1-13-8-14(2)10-16(9-13)24-21-23-12-18-19(25-21)5-7-26(20(18)27)17-4-6-22-15(3)11-17/h8-10,12,15,17,22H,4-7,11H2,1-3H3,(H,23,24,25)/t15-,17?/m1/s1. The number of carbonyl (C=O) groups is 1. The Bertz CT molecular complexity index is 845. The number of hydrogen-bond acceptors (Lipinski definition) is 5. The quantitative estimate of drug-likeness (QED) is 0.875. The molecule has 2 aliphatic rings. The van der Waals surface area contributed by atoms with Crippen LogP contribution in [0.15, 0.2) is 24.4 Å². The molecule has 4 rings (SSSR count). The molecular weight excluding hydrogens is 338 g/mol. The molecule has 1 aromatic carbocycles. The van der Waals surface area contributed by atoms with Crippen LogP contribution in [0.4, 0.5) is 11.6 Å². The Hall–Kier alpha value is -2.47. The van der Waals surface area contributed by atoms with E-state index in [1.807, 2.05) is 4.90 Å². The Morgan fingerprint density at radius 1 is 1.22 bits per heavy atom. The van der Waals surface area contributed by atoms with Gasteiger partial charge < -0.3 is 15.5 Å². The summed E-state index contributed by atoms with van der Waals surface area (Å²) in [6.45, 7) is 8.03. The van der Waals surface area contributed by atoms with Gasteiger partial charge in [0.05, 0.1) is 11.3 Å². The van der Waals surface area contributed by atoms with Crippen LogP contribution in [0, 0.1) is 13.8 Å². The Morgan fingerprint density at radius 3 is 2.74 bits per heavy atom. The third-order valence-electron chi connectivity index (χ3n) is 5.46. The Kier molecular flexibility index (Phi) is 4.83. The number of hydrogen-bond donors (Lipinski definition) is 2. The predicted octanol–water partition coefficient (Wildman–Crippen LogP) is 2.98. The molecule has 2 aromatic rings. The van der Waals surface area contributed by atoms with Gasteiger partial charge in [-0.05, 0) is 63.4 Å². The van der Waals surface area contributed by atoms with Crippen LogP contribution >= 0.6 is 0 Å². The average molecular weight is 365 g/mol. The summed E-state index contributed by atoms with van der Waals surface area (Å²) in [5, 5.41) is 6.73. The molecule has 2 atom stereocenters. The molecule has 0 spiro atoms. The lowest BCUT2D eigenvalue weighted by atomic mass is 9.95. The molecule has 2 N–H and O–H groups in total. The lowest BCUT2D eigenvalue weighted by Gasteiger charge is -2.39. The number of amides is 1. The van der Waals surface area contributed by atoms with E-state index in [-0.39, 0.29) is 5.91 Å². The van der Waals surface area contributed by atoms with E-state index >= 15 is 0 Å². The summed E-state index contributed by atoms with van der Waals surface area (Å²) >= 11 is 0. The maximum absolute atomic E-state index is 13.0. The van der Waals surface area contributed by atoms with E-state index in [4.69, 9.17) is 0 Å². The molecule has 2 aliphatic heterocycles. The number of fused-ring (bicyclic) bond motifs is 1. The lowest BCUT2D eigenvalue weighted by molar-refractivity contribution is 0.0602. The van der Waals surface area contributed by atoms with Gasteiger partial charge in [-0.15, -0.1) is 0 Å². The normalized spacial score (nSPS) is 22.5. The zero-order valence-electron chi connectivity index (χ0n) is 16.2. The van der Waals surface area contributed by atoms with E-state index in [0.717, 1.165) is 43.7 Å². The third kappa shape index (κ3) is 3.81. The van der Waals surface area contributed by atoms with E-state index in [1.54, 1.807) is 6.20 Å². The highest BCUT2D eigenvalue weighted by molar-refractivity contribution is 5.96. The second-order valence-corrected chi connectivity index (χ2v) is 7.84. The number of nitrogens with zero attached hydrogens (tertiary/aromatic N) is 3. The molecule has 3 heterocycles. The van der Waals surface area contributed by atoms with Gasteiger partial charge in [0, 0.05) is 36.9 Å². The molecule has 1 amide bonds. The molecule has 0 bridgehead atoms. The van der Waals surface area contributed by atoms with Gasteiger partial charge in [-0.1, -0.05) is 6.07 Å². The van der Waals surface area contributed by atoms with E-state index in [1.165, 1.54) is 11.1 Å². The molecule has 0 aliphatic carbocycles. The Morgan fingerprint density at radius 2 is 2.00 bits per heavy atom. The largest absolute Gasteiger partial charge is 0.335 e. The fraction of sp³-hybridized carbons (Fsp3) is 0.476. The van der Waals surface area contributed by atoms with Crippen molar-refractivity contribution in [2.24, 2.45) is 0 Å². The van der Waals surface area contributed by atoms with Crippen molar-refractivity contribution in [3.63, 3.8) is 0 Å². The van der Waals surface area contributed by atoms with Crippen LogP contribution in [0.1, 0.15) is 46.9 Å². The zero-order valence-corrected chi connectivity index (χ0v) is 16.2. The first kappa shape index (κ1) is 17.9. The third-order valence-corrected chi connectivity index (χ3v) is 5.46.